The van der Waals surface area contributed by atoms with Gasteiger partial charge in [0.2, 0.25) is 0 Å². The molecule has 0 amide bonds. The van der Waals surface area contributed by atoms with Crippen molar-refractivity contribution in [3.8, 4) is 17.4 Å². The Labute approximate surface area is 178 Å². The number of aryl methyl sites for hydroxylation is 1. The summed E-state index contributed by atoms with van der Waals surface area (Å²) < 4.78 is 11.6. The first kappa shape index (κ1) is 18.5. The highest BCUT2D eigenvalue weighted by atomic mass is 16.4. The Morgan fingerprint density at radius 2 is 1.74 bits per heavy atom. The van der Waals surface area contributed by atoms with Crippen LogP contribution in [0, 0.1) is 18.3 Å². The Hall–Kier alpha value is -4.57. The molecule has 7 heteroatoms. The van der Waals surface area contributed by atoms with Crippen molar-refractivity contribution in [3.63, 3.8) is 0 Å². The van der Waals surface area contributed by atoms with E-state index < -0.39 is 0 Å². The molecule has 0 aliphatic rings. The summed E-state index contributed by atoms with van der Waals surface area (Å²) in [5, 5.41) is 15.3. The zero-order chi connectivity index (χ0) is 21.2. The van der Waals surface area contributed by atoms with Gasteiger partial charge in [0, 0.05) is 16.9 Å². The summed E-state index contributed by atoms with van der Waals surface area (Å²) >= 11 is 0. The van der Waals surface area contributed by atoms with Crippen LogP contribution in [0.25, 0.3) is 22.4 Å². The van der Waals surface area contributed by atoms with Gasteiger partial charge in [0.05, 0.1) is 17.8 Å². The molecule has 150 valence electrons. The summed E-state index contributed by atoms with van der Waals surface area (Å²) in [6.07, 6.45) is 1.65. The fourth-order valence-electron chi connectivity index (χ4n) is 3.17. The van der Waals surface area contributed by atoms with E-state index in [1.165, 1.54) is 0 Å². The third-order valence-electron chi connectivity index (χ3n) is 4.83. The number of hydrogen-bond acceptors (Lipinski definition) is 7. The molecule has 7 nitrogen and oxygen atoms in total. The Morgan fingerprint density at radius 3 is 2.55 bits per heavy atom. The van der Waals surface area contributed by atoms with E-state index in [1.807, 2.05) is 61.5 Å². The largest absolute Gasteiger partial charge is 0.423 e. The number of para-hydroxylation sites is 2. The lowest BCUT2D eigenvalue weighted by molar-refractivity contribution is 0.592. The zero-order valence-corrected chi connectivity index (χ0v) is 16.6. The highest BCUT2D eigenvalue weighted by Gasteiger charge is 2.10. The number of benzene rings is 3. The normalized spacial score (nSPS) is 10.7. The Morgan fingerprint density at radius 1 is 0.903 bits per heavy atom. The molecule has 0 saturated heterocycles. The van der Waals surface area contributed by atoms with Crippen LogP contribution in [0.15, 0.2) is 81.8 Å². The van der Waals surface area contributed by atoms with Crippen LogP contribution in [0.4, 0.5) is 23.4 Å². The molecule has 31 heavy (non-hydrogen) atoms. The number of aromatic nitrogens is 2. The topological polar surface area (TPSA) is 99.9 Å². The maximum absolute atomic E-state index is 8.93. The van der Waals surface area contributed by atoms with E-state index in [-0.39, 0.29) is 0 Å². The molecular weight excluding hydrogens is 390 g/mol. The average molecular weight is 407 g/mol. The second kappa shape index (κ2) is 7.69. The van der Waals surface area contributed by atoms with Crippen LogP contribution in [-0.4, -0.2) is 9.97 Å². The fourth-order valence-corrected chi connectivity index (χ4v) is 3.17. The first-order valence-corrected chi connectivity index (χ1v) is 9.64. The van der Waals surface area contributed by atoms with Gasteiger partial charge in [-0.3, -0.25) is 0 Å². The molecule has 5 aromatic rings. The molecule has 2 aromatic heterocycles. The lowest BCUT2D eigenvalue weighted by Gasteiger charge is -2.09. The zero-order valence-electron chi connectivity index (χ0n) is 16.6. The first-order valence-electron chi connectivity index (χ1n) is 9.64. The minimum atomic E-state index is 0.376. The lowest BCUT2D eigenvalue weighted by Crippen LogP contribution is -1.96. The van der Waals surface area contributed by atoms with Gasteiger partial charge in [-0.2, -0.15) is 10.2 Å². The molecule has 0 bridgehead atoms. The molecule has 3 aromatic carbocycles. The molecule has 0 unspecified atom stereocenters. The van der Waals surface area contributed by atoms with Crippen LogP contribution in [0.3, 0.4) is 0 Å². The van der Waals surface area contributed by atoms with Gasteiger partial charge in [0.25, 0.3) is 12.0 Å². The van der Waals surface area contributed by atoms with Crippen molar-refractivity contribution in [2.45, 2.75) is 6.92 Å². The van der Waals surface area contributed by atoms with Crippen molar-refractivity contribution < 1.29 is 8.83 Å². The van der Waals surface area contributed by atoms with Gasteiger partial charge in [-0.25, -0.2) is 4.98 Å². The van der Waals surface area contributed by atoms with Gasteiger partial charge in [-0.1, -0.05) is 18.2 Å². The smallest absolute Gasteiger partial charge is 0.300 e. The second-order valence-corrected chi connectivity index (χ2v) is 6.99. The van der Waals surface area contributed by atoms with Crippen molar-refractivity contribution in [1.29, 1.82) is 5.26 Å². The molecule has 0 radical (unpaired) electrons. The Kier molecular flexibility index (Phi) is 4.58. The second-order valence-electron chi connectivity index (χ2n) is 6.99. The van der Waals surface area contributed by atoms with E-state index in [4.69, 9.17) is 14.1 Å². The molecule has 0 aliphatic carbocycles. The highest BCUT2D eigenvalue weighted by molar-refractivity contribution is 5.76. The van der Waals surface area contributed by atoms with Crippen molar-refractivity contribution >= 4 is 34.5 Å². The number of nitriles is 1. The number of anilines is 4. The van der Waals surface area contributed by atoms with Crippen LogP contribution in [0.1, 0.15) is 11.1 Å². The maximum atomic E-state index is 8.93. The van der Waals surface area contributed by atoms with Crippen LogP contribution >= 0.6 is 0 Å². The summed E-state index contributed by atoms with van der Waals surface area (Å²) in [6, 6.07) is 23.6. The number of rotatable bonds is 5. The van der Waals surface area contributed by atoms with Crippen LogP contribution in [0.2, 0.25) is 0 Å². The lowest BCUT2D eigenvalue weighted by atomic mass is 10.1. The van der Waals surface area contributed by atoms with Gasteiger partial charge >= 0.3 is 0 Å². The molecule has 2 N–H and O–H groups in total. The SMILES string of the molecule is Cc1ccc(Nc2nc3ccccc3o2)cc1Nc1ncc(-c2ccc(C#N)cc2)o1. The Bertz CT molecular complexity index is 1380. The van der Waals surface area contributed by atoms with Crippen molar-refractivity contribution in [1.82, 2.24) is 9.97 Å². The molecule has 5 rings (SSSR count). The summed E-state index contributed by atoms with van der Waals surface area (Å²) in [6.45, 7) is 2.00. The molecule has 0 saturated carbocycles. The predicted molar refractivity (Wildman–Crippen MR) is 118 cm³/mol. The molecule has 0 aliphatic heterocycles. The third kappa shape index (κ3) is 3.82. The van der Waals surface area contributed by atoms with Crippen molar-refractivity contribution in [2.75, 3.05) is 10.6 Å². The molecule has 0 spiro atoms. The van der Waals surface area contributed by atoms with Gasteiger partial charge in [-0.15, -0.1) is 0 Å². The van der Waals surface area contributed by atoms with Crippen LogP contribution in [0.5, 0.6) is 0 Å². The van der Waals surface area contributed by atoms with E-state index >= 15 is 0 Å². The maximum Gasteiger partial charge on any atom is 0.300 e. The molecule has 2 heterocycles. The number of nitrogens with one attached hydrogen (secondary N) is 2. The Balaban J connectivity index is 1.36. The average Bonchev–Trinajstić information content (AvgIpc) is 3.42. The highest BCUT2D eigenvalue weighted by Crippen LogP contribution is 2.29. The first-order chi connectivity index (χ1) is 15.2. The molecule has 0 fully saturated rings. The summed E-state index contributed by atoms with van der Waals surface area (Å²) in [5.74, 6) is 0.616. The standard InChI is InChI=1S/C24H17N5O2/c1-15-6-11-18(27-24-28-19-4-2-3-5-21(19)30-24)12-20(15)29-23-26-14-22(31-23)17-9-7-16(13-25)8-10-17/h2-12,14H,1H3,(H,26,29)(H,27,28). The van der Waals surface area contributed by atoms with Crippen molar-refractivity contribution in [3.05, 3.63) is 84.1 Å². The van der Waals surface area contributed by atoms with Crippen molar-refractivity contribution in [2.24, 2.45) is 0 Å². The van der Waals surface area contributed by atoms with Gasteiger partial charge in [0.15, 0.2) is 11.3 Å². The van der Waals surface area contributed by atoms with Gasteiger partial charge < -0.3 is 19.5 Å². The minimum Gasteiger partial charge on any atom is -0.423 e. The van der Waals surface area contributed by atoms with Crippen LogP contribution < -0.4 is 10.6 Å². The van der Waals surface area contributed by atoms with E-state index in [0.717, 1.165) is 33.6 Å². The summed E-state index contributed by atoms with van der Waals surface area (Å²) in [7, 11) is 0. The molecular formula is C24H17N5O2. The fraction of sp³-hybridized carbons (Fsp3) is 0.0417. The third-order valence-corrected chi connectivity index (χ3v) is 4.83. The summed E-state index contributed by atoms with van der Waals surface area (Å²) in [4.78, 5) is 8.76. The van der Waals surface area contributed by atoms with E-state index in [1.54, 1.807) is 18.3 Å². The minimum absolute atomic E-state index is 0.376. The number of nitrogens with zero attached hydrogens (tertiary/aromatic N) is 3. The van der Waals surface area contributed by atoms with E-state index in [0.29, 0.717) is 23.4 Å². The predicted octanol–water partition coefficient (Wildman–Crippen LogP) is 6.15. The quantitative estimate of drug-likeness (QED) is 0.360. The molecule has 0 atom stereocenters. The number of hydrogen-bond donors (Lipinski definition) is 2. The monoisotopic (exact) mass is 407 g/mol. The summed E-state index contributed by atoms with van der Waals surface area (Å²) in [5.41, 5.74) is 5.66. The van der Waals surface area contributed by atoms with E-state index in [2.05, 4.69) is 26.7 Å². The number of fused-ring (bicyclic) bond motifs is 1. The van der Waals surface area contributed by atoms with Gasteiger partial charge in [0.1, 0.15) is 5.52 Å². The number of oxazole rings is 2. The van der Waals surface area contributed by atoms with Gasteiger partial charge in [-0.05, 0) is 61.0 Å². The van der Waals surface area contributed by atoms with Crippen LogP contribution in [-0.2, 0) is 0 Å². The van der Waals surface area contributed by atoms with E-state index in [9.17, 15) is 0 Å².